The van der Waals surface area contributed by atoms with E-state index in [1.54, 1.807) is 0 Å². The molecule has 0 saturated carbocycles. The highest BCUT2D eigenvalue weighted by Gasteiger charge is 2.39. The summed E-state index contributed by atoms with van der Waals surface area (Å²) in [6.45, 7) is 6.70. The molecule has 1 rings (SSSR count). The van der Waals surface area contributed by atoms with E-state index in [2.05, 4.69) is 0 Å². The van der Waals surface area contributed by atoms with Crippen LogP contribution in [0.5, 0.6) is 0 Å². The lowest BCUT2D eigenvalue weighted by atomic mass is 9.89. The molecule has 4 nitrogen and oxygen atoms in total. The van der Waals surface area contributed by atoms with Gasteiger partial charge in [-0.25, -0.2) is 0 Å². The van der Waals surface area contributed by atoms with Gasteiger partial charge >= 0.3 is 0 Å². The van der Waals surface area contributed by atoms with E-state index in [1.165, 1.54) is 0 Å². The van der Waals surface area contributed by atoms with Gasteiger partial charge in [0.25, 0.3) is 0 Å². The number of rotatable bonds is 3. The number of aliphatic hydroxyl groups excluding tert-OH is 2. The molecule has 2 N–H and O–H groups in total. The quantitative estimate of drug-likeness (QED) is 0.697. The van der Waals surface area contributed by atoms with Gasteiger partial charge in [0.1, 0.15) is 0 Å². The van der Waals surface area contributed by atoms with Crippen molar-refractivity contribution in [1.29, 1.82) is 0 Å². The average molecular weight is 204 g/mol. The first-order valence-electron chi connectivity index (χ1n) is 4.88. The summed E-state index contributed by atoms with van der Waals surface area (Å²) in [5.74, 6) is 0. The zero-order valence-electron chi connectivity index (χ0n) is 9.12. The fourth-order valence-electron chi connectivity index (χ4n) is 1.26. The minimum atomic E-state index is -0.392. The summed E-state index contributed by atoms with van der Waals surface area (Å²) in [5.41, 5.74) is -0.696. The summed E-state index contributed by atoms with van der Waals surface area (Å²) in [5, 5.41) is 18.2. The van der Waals surface area contributed by atoms with Crippen LogP contribution in [0.25, 0.3) is 0 Å². The SMILES string of the molecule is CC1(CO)COC(C(C)(C)CO)OC1. The zero-order chi connectivity index (χ0) is 10.8. The highest BCUT2D eigenvalue weighted by atomic mass is 16.7. The summed E-state index contributed by atoms with van der Waals surface area (Å²) in [7, 11) is 0. The van der Waals surface area contributed by atoms with Crippen molar-refractivity contribution in [3.8, 4) is 0 Å². The lowest BCUT2D eigenvalue weighted by molar-refractivity contribution is -0.275. The van der Waals surface area contributed by atoms with Gasteiger partial charge < -0.3 is 19.7 Å². The van der Waals surface area contributed by atoms with E-state index in [0.717, 1.165) is 0 Å². The second-order valence-corrected chi connectivity index (χ2v) is 5.07. The van der Waals surface area contributed by atoms with Crippen LogP contribution in [0.1, 0.15) is 20.8 Å². The monoisotopic (exact) mass is 204 g/mol. The van der Waals surface area contributed by atoms with Crippen molar-refractivity contribution in [2.24, 2.45) is 10.8 Å². The predicted octanol–water partition coefficient (Wildman–Crippen LogP) is 0.376. The molecule has 0 amide bonds. The lowest BCUT2D eigenvalue weighted by Crippen LogP contribution is -2.48. The molecular weight excluding hydrogens is 184 g/mol. The first-order chi connectivity index (χ1) is 6.43. The zero-order valence-corrected chi connectivity index (χ0v) is 9.12. The van der Waals surface area contributed by atoms with Crippen LogP contribution in [0, 0.1) is 10.8 Å². The van der Waals surface area contributed by atoms with Gasteiger partial charge in [-0.1, -0.05) is 20.8 Å². The van der Waals surface area contributed by atoms with E-state index in [9.17, 15) is 0 Å². The molecule has 0 radical (unpaired) electrons. The minimum Gasteiger partial charge on any atom is -0.396 e. The second-order valence-electron chi connectivity index (χ2n) is 5.07. The summed E-state index contributed by atoms with van der Waals surface area (Å²) in [6.07, 6.45) is -0.382. The van der Waals surface area contributed by atoms with Gasteiger partial charge in [0.2, 0.25) is 0 Å². The summed E-state index contributed by atoms with van der Waals surface area (Å²) in [6, 6.07) is 0. The fraction of sp³-hybridized carbons (Fsp3) is 1.00. The van der Waals surface area contributed by atoms with Gasteiger partial charge in [-0.3, -0.25) is 0 Å². The van der Waals surface area contributed by atoms with Crippen LogP contribution in [-0.2, 0) is 9.47 Å². The first-order valence-corrected chi connectivity index (χ1v) is 4.88. The fourth-order valence-corrected chi connectivity index (χ4v) is 1.26. The Morgan fingerprint density at radius 1 is 1.29 bits per heavy atom. The molecule has 1 saturated heterocycles. The third kappa shape index (κ3) is 2.45. The Bertz CT molecular complexity index is 183. The van der Waals surface area contributed by atoms with Crippen LogP contribution < -0.4 is 0 Å². The van der Waals surface area contributed by atoms with Crippen LogP contribution in [-0.4, -0.2) is 42.9 Å². The minimum absolute atomic E-state index is 0.0213. The third-order valence-corrected chi connectivity index (χ3v) is 2.59. The van der Waals surface area contributed by atoms with Crippen LogP contribution in [0.2, 0.25) is 0 Å². The molecule has 1 heterocycles. The van der Waals surface area contributed by atoms with Crippen LogP contribution in [0.15, 0.2) is 0 Å². The van der Waals surface area contributed by atoms with Crippen molar-refractivity contribution in [2.45, 2.75) is 27.1 Å². The predicted molar refractivity (Wildman–Crippen MR) is 51.8 cm³/mol. The maximum absolute atomic E-state index is 9.12. The molecule has 0 unspecified atom stereocenters. The maximum Gasteiger partial charge on any atom is 0.164 e. The van der Waals surface area contributed by atoms with Gasteiger partial charge in [0, 0.05) is 10.8 Å². The Kier molecular flexibility index (Phi) is 3.53. The second kappa shape index (κ2) is 4.14. The van der Waals surface area contributed by atoms with Gasteiger partial charge in [-0.2, -0.15) is 0 Å². The molecule has 14 heavy (non-hydrogen) atoms. The molecular formula is C10H20O4. The number of ether oxygens (including phenoxy) is 2. The maximum atomic E-state index is 9.12. The van der Waals surface area contributed by atoms with E-state index < -0.39 is 5.41 Å². The number of hydrogen-bond donors (Lipinski definition) is 2. The molecule has 1 fully saturated rings. The first kappa shape index (κ1) is 11.9. The van der Waals surface area contributed by atoms with Crippen LogP contribution in [0.4, 0.5) is 0 Å². The molecule has 0 aromatic rings. The molecule has 1 aliphatic rings. The summed E-state index contributed by atoms with van der Waals surface area (Å²) >= 11 is 0. The Morgan fingerprint density at radius 3 is 2.14 bits per heavy atom. The van der Waals surface area contributed by atoms with Crippen LogP contribution in [0.3, 0.4) is 0 Å². The molecule has 0 bridgehead atoms. The third-order valence-electron chi connectivity index (χ3n) is 2.59. The largest absolute Gasteiger partial charge is 0.396 e. The normalized spacial score (nSPS) is 34.5. The average Bonchev–Trinajstić information content (AvgIpc) is 2.19. The van der Waals surface area contributed by atoms with Crippen molar-refractivity contribution in [3.63, 3.8) is 0 Å². The lowest BCUT2D eigenvalue weighted by Gasteiger charge is -2.41. The number of aliphatic hydroxyl groups is 2. The highest BCUT2D eigenvalue weighted by Crippen LogP contribution is 2.31. The summed E-state index contributed by atoms with van der Waals surface area (Å²) < 4.78 is 11.0. The Morgan fingerprint density at radius 2 is 1.79 bits per heavy atom. The molecule has 0 aliphatic carbocycles. The molecule has 84 valence electrons. The van der Waals surface area contributed by atoms with Gasteiger partial charge in [0.15, 0.2) is 6.29 Å². The molecule has 0 spiro atoms. The molecule has 0 aromatic carbocycles. The van der Waals surface area contributed by atoms with E-state index in [0.29, 0.717) is 13.2 Å². The molecule has 0 atom stereocenters. The van der Waals surface area contributed by atoms with E-state index in [-0.39, 0.29) is 24.9 Å². The molecule has 4 heteroatoms. The van der Waals surface area contributed by atoms with Crippen molar-refractivity contribution in [3.05, 3.63) is 0 Å². The summed E-state index contributed by atoms with van der Waals surface area (Å²) in [4.78, 5) is 0. The number of hydrogen-bond acceptors (Lipinski definition) is 4. The van der Waals surface area contributed by atoms with E-state index in [4.69, 9.17) is 19.7 Å². The van der Waals surface area contributed by atoms with Gasteiger partial charge in [-0.15, -0.1) is 0 Å². The topological polar surface area (TPSA) is 58.9 Å². The standard InChI is InChI=1S/C10H20O4/c1-9(2,4-11)8-13-6-10(3,5-12)7-14-8/h8,11-12H,4-7H2,1-3H3. The van der Waals surface area contributed by atoms with E-state index in [1.807, 2.05) is 20.8 Å². The Hall–Kier alpha value is -0.160. The molecule has 1 aliphatic heterocycles. The van der Waals surface area contributed by atoms with Gasteiger partial charge in [0.05, 0.1) is 26.4 Å². The Labute approximate surface area is 84.8 Å². The highest BCUT2D eigenvalue weighted by molar-refractivity contribution is 4.81. The van der Waals surface area contributed by atoms with Crippen molar-refractivity contribution < 1.29 is 19.7 Å². The van der Waals surface area contributed by atoms with Crippen molar-refractivity contribution in [1.82, 2.24) is 0 Å². The van der Waals surface area contributed by atoms with Crippen LogP contribution >= 0.6 is 0 Å². The van der Waals surface area contributed by atoms with Gasteiger partial charge in [-0.05, 0) is 0 Å². The van der Waals surface area contributed by atoms with Crippen molar-refractivity contribution >= 4 is 0 Å². The smallest absolute Gasteiger partial charge is 0.164 e. The van der Waals surface area contributed by atoms with Crippen molar-refractivity contribution in [2.75, 3.05) is 26.4 Å². The molecule has 0 aromatic heterocycles. The Balaban J connectivity index is 2.51. The van der Waals surface area contributed by atoms with E-state index >= 15 is 0 Å².